The van der Waals surface area contributed by atoms with Crippen molar-refractivity contribution in [2.75, 3.05) is 26.7 Å². The number of hydrogen-bond donors (Lipinski definition) is 1. The number of carbonyl (C=O) groups is 2. The van der Waals surface area contributed by atoms with Crippen molar-refractivity contribution in [2.45, 2.75) is 6.54 Å². The lowest BCUT2D eigenvalue weighted by molar-refractivity contribution is -0.149. The number of hydrogen-bond acceptors (Lipinski definition) is 3. The van der Waals surface area contributed by atoms with Crippen LogP contribution in [-0.4, -0.2) is 48.3 Å². The highest BCUT2D eigenvalue weighted by Gasteiger charge is 2.27. The molecule has 1 aliphatic rings. The van der Waals surface area contributed by atoms with Crippen molar-refractivity contribution in [1.82, 2.24) is 9.80 Å². The molecule has 1 aromatic rings. The average Bonchev–Trinajstić information content (AvgIpc) is 2.43. The fraction of sp³-hybridized carbons (Fsp3) is 0.333. The maximum absolute atomic E-state index is 11.9. The van der Waals surface area contributed by atoms with Crippen LogP contribution in [0.25, 0.3) is 0 Å². The van der Waals surface area contributed by atoms with Crippen LogP contribution < -0.4 is 5.73 Å². The zero-order valence-corrected chi connectivity index (χ0v) is 11.4. The number of amides is 2. The number of likely N-dealkylation sites (N-methyl/N-ethyl adjacent to an activating group) is 1. The molecule has 0 aromatic heterocycles. The molecule has 1 aromatic carbocycles. The number of piperazine rings is 1. The van der Waals surface area contributed by atoms with Gasteiger partial charge in [0.2, 0.25) is 11.8 Å². The molecule has 20 heavy (non-hydrogen) atoms. The summed E-state index contributed by atoms with van der Waals surface area (Å²) in [4.78, 5) is 26.6. The number of carbonyl (C=O) groups excluding carboxylic acids is 2. The smallest absolute Gasteiger partial charge is 0.242 e. The van der Waals surface area contributed by atoms with Crippen LogP contribution in [0, 0.1) is 11.8 Å². The third kappa shape index (κ3) is 3.37. The van der Waals surface area contributed by atoms with Crippen molar-refractivity contribution in [3.05, 3.63) is 35.4 Å². The summed E-state index contributed by atoms with van der Waals surface area (Å²) in [5.74, 6) is 5.67. The second-order valence-corrected chi connectivity index (χ2v) is 4.71. The molecule has 2 amide bonds. The lowest BCUT2D eigenvalue weighted by atomic mass is 10.1. The Kier molecular flexibility index (Phi) is 4.38. The predicted octanol–water partition coefficient (Wildman–Crippen LogP) is -0.203. The van der Waals surface area contributed by atoms with Crippen LogP contribution in [0.15, 0.2) is 24.3 Å². The molecule has 1 aliphatic heterocycles. The van der Waals surface area contributed by atoms with Gasteiger partial charge in [-0.15, -0.1) is 0 Å². The maximum Gasteiger partial charge on any atom is 0.242 e. The number of benzene rings is 1. The van der Waals surface area contributed by atoms with E-state index in [0.29, 0.717) is 13.1 Å². The number of nitrogens with zero attached hydrogens (tertiary/aromatic N) is 2. The van der Waals surface area contributed by atoms with Crippen molar-refractivity contribution in [3.8, 4) is 11.8 Å². The largest absolute Gasteiger partial charge is 0.335 e. The van der Waals surface area contributed by atoms with Gasteiger partial charge in [0.25, 0.3) is 0 Å². The Hall–Kier alpha value is -2.32. The predicted molar refractivity (Wildman–Crippen MR) is 75.4 cm³/mol. The SMILES string of the molecule is CN1CC(=O)N(Cc2cccc(C#CCN)c2)CC1=O. The molecule has 5 heteroatoms. The summed E-state index contributed by atoms with van der Waals surface area (Å²) in [5.41, 5.74) is 7.16. The van der Waals surface area contributed by atoms with Gasteiger partial charge in [0.1, 0.15) is 6.54 Å². The molecule has 0 aliphatic carbocycles. The number of rotatable bonds is 2. The van der Waals surface area contributed by atoms with Gasteiger partial charge in [0.15, 0.2) is 0 Å². The molecule has 0 unspecified atom stereocenters. The normalized spacial score (nSPS) is 15.1. The zero-order chi connectivity index (χ0) is 14.5. The average molecular weight is 271 g/mol. The van der Waals surface area contributed by atoms with Gasteiger partial charge in [-0.05, 0) is 17.7 Å². The summed E-state index contributed by atoms with van der Waals surface area (Å²) in [6, 6.07) is 7.61. The Morgan fingerprint density at radius 1 is 1.25 bits per heavy atom. The first kappa shape index (κ1) is 14.1. The second-order valence-electron chi connectivity index (χ2n) is 4.71. The fourth-order valence-corrected chi connectivity index (χ4v) is 2.03. The lowest BCUT2D eigenvalue weighted by Gasteiger charge is -2.31. The van der Waals surface area contributed by atoms with E-state index in [9.17, 15) is 9.59 Å². The van der Waals surface area contributed by atoms with E-state index in [1.54, 1.807) is 11.9 Å². The fourth-order valence-electron chi connectivity index (χ4n) is 2.03. The third-order valence-corrected chi connectivity index (χ3v) is 3.11. The summed E-state index contributed by atoms with van der Waals surface area (Å²) in [7, 11) is 1.64. The highest BCUT2D eigenvalue weighted by Crippen LogP contribution is 2.11. The van der Waals surface area contributed by atoms with Gasteiger partial charge in [-0.1, -0.05) is 24.0 Å². The molecule has 1 fully saturated rings. The van der Waals surface area contributed by atoms with Gasteiger partial charge in [0.05, 0.1) is 13.1 Å². The molecule has 0 radical (unpaired) electrons. The van der Waals surface area contributed by atoms with E-state index in [1.165, 1.54) is 4.90 Å². The molecular weight excluding hydrogens is 254 g/mol. The Morgan fingerprint density at radius 3 is 2.80 bits per heavy atom. The van der Waals surface area contributed by atoms with E-state index in [4.69, 9.17) is 5.73 Å². The molecule has 104 valence electrons. The Bertz CT molecular complexity index is 586. The quantitative estimate of drug-likeness (QED) is 0.757. The van der Waals surface area contributed by atoms with Crippen LogP contribution in [0.3, 0.4) is 0 Å². The number of nitrogens with two attached hydrogens (primary N) is 1. The molecular formula is C15H17N3O2. The van der Waals surface area contributed by atoms with E-state index in [2.05, 4.69) is 11.8 Å². The molecule has 0 atom stereocenters. The molecule has 0 spiro atoms. The summed E-state index contributed by atoms with van der Waals surface area (Å²) in [6.07, 6.45) is 0. The van der Waals surface area contributed by atoms with Gasteiger partial charge in [-0.25, -0.2) is 0 Å². The van der Waals surface area contributed by atoms with Gasteiger partial charge in [-0.2, -0.15) is 0 Å². The van der Waals surface area contributed by atoms with Crippen LogP contribution in [0.5, 0.6) is 0 Å². The Balaban J connectivity index is 2.10. The van der Waals surface area contributed by atoms with E-state index in [1.807, 2.05) is 24.3 Å². The minimum absolute atomic E-state index is 0.0365. The summed E-state index contributed by atoms with van der Waals surface area (Å²) < 4.78 is 0. The second kappa shape index (κ2) is 6.22. The van der Waals surface area contributed by atoms with Crippen LogP contribution in [-0.2, 0) is 16.1 Å². The molecule has 1 heterocycles. The minimum atomic E-state index is -0.0383. The van der Waals surface area contributed by atoms with Crippen molar-refractivity contribution >= 4 is 11.8 Å². The molecule has 0 bridgehead atoms. The van der Waals surface area contributed by atoms with Crippen molar-refractivity contribution in [2.24, 2.45) is 5.73 Å². The van der Waals surface area contributed by atoms with Crippen molar-refractivity contribution in [1.29, 1.82) is 0 Å². The third-order valence-electron chi connectivity index (χ3n) is 3.11. The van der Waals surface area contributed by atoms with Crippen molar-refractivity contribution in [3.63, 3.8) is 0 Å². The van der Waals surface area contributed by atoms with Crippen molar-refractivity contribution < 1.29 is 9.59 Å². The molecule has 1 saturated heterocycles. The first-order chi connectivity index (χ1) is 9.60. The van der Waals surface area contributed by atoms with Gasteiger partial charge >= 0.3 is 0 Å². The van der Waals surface area contributed by atoms with Crippen LogP contribution in [0.4, 0.5) is 0 Å². The van der Waals surface area contributed by atoms with Crippen LogP contribution >= 0.6 is 0 Å². The van der Waals surface area contributed by atoms with Crippen LogP contribution in [0.1, 0.15) is 11.1 Å². The zero-order valence-electron chi connectivity index (χ0n) is 11.4. The van der Waals surface area contributed by atoms with Gasteiger partial charge < -0.3 is 15.5 Å². The standard InChI is InChI=1S/C15H17N3O2/c1-17-10-15(20)18(11-14(17)19)9-13-5-2-4-12(8-13)6-3-7-16/h2,4-5,8H,7,9-11,16H2,1H3. The molecule has 2 N–H and O–H groups in total. The maximum atomic E-state index is 11.9. The highest BCUT2D eigenvalue weighted by molar-refractivity contribution is 5.92. The molecule has 5 nitrogen and oxygen atoms in total. The van der Waals surface area contributed by atoms with Crippen LogP contribution in [0.2, 0.25) is 0 Å². The summed E-state index contributed by atoms with van der Waals surface area (Å²) in [6.45, 7) is 1.02. The summed E-state index contributed by atoms with van der Waals surface area (Å²) >= 11 is 0. The Morgan fingerprint density at radius 2 is 2.05 bits per heavy atom. The monoisotopic (exact) mass is 271 g/mol. The summed E-state index contributed by atoms with van der Waals surface area (Å²) in [5, 5.41) is 0. The first-order valence-corrected chi connectivity index (χ1v) is 6.40. The van der Waals surface area contributed by atoms with Gasteiger partial charge in [0, 0.05) is 19.2 Å². The van der Waals surface area contributed by atoms with E-state index < -0.39 is 0 Å². The van der Waals surface area contributed by atoms with E-state index in [0.717, 1.165) is 11.1 Å². The van der Waals surface area contributed by atoms with E-state index in [-0.39, 0.29) is 24.9 Å². The first-order valence-electron chi connectivity index (χ1n) is 6.40. The van der Waals surface area contributed by atoms with Gasteiger partial charge in [-0.3, -0.25) is 9.59 Å². The minimum Gasteiger partial charge on any atom is -0.335 e. The van der Waals surface area contributed by atoms with E-state index >= 15 is 0 Å². The highest BCUT2D eigenvalue weighted by atomic mass is 16.2. The lowest BCUT2D eigenvalue weighted by Crippen LogP contribution is -2.51. The molecule has 2 rings (SSSR count). The topological polar surface area (TPSA) is 66.6 Å². The Labute approximate surface area is 118 Å². The molecule has 0 saturated carbocycles.